The van der Waals surface area contributed by atoms with E-state index in [1.54, 1.807) is 0 Å². The molecule has 4 nitrogen and oxygen atoms in total. The Bertz CT molecular complexity index is 405. The van der Waals surface area contributed by atoms with Crippen molar-refractivity contribution in [1.82, 2.24) is 9.97 Å². The number of halogens is 1. The summed E-state index contributed by atoms with van der Waals surface area (Å²) in [5, 5.41) is 0. The maximum atomic E-state index is 5.80. The lowest BCUT2D eigenvalue weighted by Crippen LogP contribution is -2.26. The summed E-state index contributed by atoms with van der Waals surface area (Å²) in [6.45, 7) is 6.74. The van der Waals surface area contributed by atoms with E-state index in [-0.39, 0.29) is 0 Å². The average Bonchev–Trinajstić information content (AvgIpc) is 2.44. The first kappa shape index (κ1) is 12.6. The number of rotatable bonds is 1. The van der Waals surface area contributed by atoms with E-state index in [2.05, 4.69) is 44.6 Å². The number of nitrogens with two attached hydrogens (primary N) is 1. The summed E-state index contributed by atoms with van der Waals surface area (Å²) in [6.07, 6.45) is 5.18. The minimum Gasteiger partial charge on any atom is -0.383 e. The Labute approximate surface area is 111 Å². The SMILES string of the molecule is CC1(C)CCCN(c2ncnc(N)c2Br)CC1. The summed E-state index contributed by atoms with van der Waals surface area (Å²) >= 11 is 3.48. The van der Waals surface area contributed by atoms with Crippen molar-refractivity contribution in [2.24, 2.45) is 5.41 Å². The van der Waals surface area contributed by atoms with Crippen LogP contribution in [0.25, 0.3) is 0 Å². The van der Waals surface area contributed by atoms with E-state index in [1.165, 1.54) is 25.6 Å². The molecule has 0 saturated carbocycles. The Morgan fingerprint density at radius 3 is 2.82 bits per heavy atom. The van der Waals surface area contributed by atoms with E-state index in [4.69, 9.17) is 5.73 Å². The Morgan fingerprint density at radius 2 is 2.06 bits per heavy atom. The van der Waals surface area contributed by atoms with Crippen LogP contribution in [0.1, 0.15) is 33.1 Å². The molecule has 2 heterocycles. The molecule has 1 aromatic heterocycles. The van der Waals surface area contributed by atoms with Crippen molar-refractivity contribution >= 4 is 27.6 Å². The van der Waals surface area contributed by atoms with Gasteiger partial charge in [0.1, 0.15) is 22.4 Å². The molecule has 94 valence electrons. The van der Waals surface area contributed by atoms with E-state index in [1.807, 2.05) is 0 Å². The third-order valence-electron chi connectivity index (χ3n) is 3.44. The molecule has 1 aliphatic rings. The first-order chi connectivity index (χ1) is 7.99. The van der Waals surface area contributed by atoms with Gasteiger partial charge in [0.05, 0.1) is 0 Å². The van der Waals surface area contributed by atoms with Gasteiger partial charge in [-0.1, -0.05) is 13.8 Å². The fourth-order valence-corrected chi connectivity index (χ4v) is 2.68. The van der Waals surface area contributed by atoms with E-state index in [9.17, 15) is 0 Å². The second-order valence-electron chi connectivity index (χ2n) is 5.40. The maximum absolute atomic E-state index is 5.80. The molecule has 1 fully saturated rings. The predicted molar refractivity (Wildman–Crippen MR) is 74.0 cm³/mol. The second kappa shape index (κ2) is 4.80. The third kappa shape index (κ3) is 2.89. The van der Waals surface area contributed by atoms with Crippen LogP contribution < -0.4 is 10.6 Å². The van der Waals surface area contributed by atoms with Gasteiger partial charge in [-0.2, -0.15) is 0 Å². The zero-order valence-corrected chi connectivity index (χ0v) is 12.0. The Kier molecular flexibility index (Phi) is 3.56. The first-order valence-corrected chi connectivity index (χ1v) is 6.80. The van der Waals surface area contributed by atoms with Crippen molar-refractivity contribution in [3.63, 3.8) is 0 Å². The van der Waals surface area contributed by atoms with Crippen LogP contribution in [-0.2, 0) is 0 Å². The fraction of sp³-hybridized carbons (Fsp3) is 0.667. The van der Waals surface area contributed by atoms with Crippen LogP contribution >= 0.6 is 15.9 Å². The van der Waals surface area contributed by atoms with Gasteiger partial charge in [0.25, 0.3) is 0 Å². The van der Waals surface area contributed by atoms with Crippen LogP contribution in [0.5, 0.6) is 0 Å². The minimum atomic E-state index is 0.430. The standard InChI is InChI=1S/C12H19BrN4/c1-12(2)4-3-6-17(7-5-12)11-9(13)10(14)15-8-16-11/h8H,3-7H2,1-2H3,(H2,14,15,16). The highest BCUT2D eigenvalue weighted by Gasteiger charge is 2.24. The molecule has 0 atom stereocenters. The summed E-state index contributed by atoms with van der Waals surface area (Å²) in [7, 11) is 0. The zero-order chi connectivity index (χ0) is 12.5. The van der Waals surface area contributed by atoms with Crippen molar-refractivity contribution < 1.29 is 0 Å². The molecular weight excluding hydrogens is 280 g/mol. The molecule has 2 rings (SSSR count). The molecule has 0 amide bonds. The lowest BCUT2D eigenvalue weighted by Gasteiger charge is -2.24. The Morgan fingerprint density at radius 1 is 1.29 bits per heavy atom. The van der Waals surface area contributed by atoms with Gasteiger partial charge in [-0.25, -0.2) is 9.97 Å². The summed E-state index contributed by atoms with van der Waals surface area (Å²) in [6, 6.07) is 0. The van der Waals surface area contributed by atoms with Crippen molar-refractivity contribution in [1.29, 1.82) is 0 Å². The topological polar surface area (TPSA) is 55.0 Å². The van der Waals surface area contributed by atoms with Gasteiger partial charge in [-0.15, -0.1) is 0 Å². The van der Waals surface area contributed by atoms with Crippen LogP contribution in [0, 0.1) is 5.41 Å². The molecule has 0 radical (unpaired) electrons. The van der Waals surface area contributed by atoms with E-state index in [0.717, 1.165) is 23.4 Å². The smallest absolute Gasteiger partial charge is 0.148 e. The fourth-order valence-electron chi connectivity index (χ4n) is 2.23. The molecular formula is C12H19BrN4. The molecule has 17 heavy (non-hydrogen) atoms. The van der Waals surface area contributed by atoms with E-state index >= 15 is 0 Å². The summed E-state index contributed by atoms with van der Waals surface area (Å²) in [5.74, 6) is 1.44. The maximum Gasteiger partial charge on any atom is 0.148 e. The number of aromatic nitrogens is 2. The number of nitrogen functional groups attached to an aromatic ring is 1. The van der Waals surface area contributed by atoms with Gasteiger partial charge in [-0.05, 0) is 40.6 Å². The highest BCUT2D eigenvalue weighted by atomic mass is 79.9. The highest BCUT2D eigenvalue weighted by molar-refractivity contribution is 9.10. The van der Waals surface area contributed by atoms with Crippen LogP contribution in [0.2, 0.25) is 0 Å². The van der Waals surface area contributed by atoms with Gasteiger partial charge >= 0.3 is 0 Å². The minimum absolute atomic E-state index is 0.430. The van der Waals surface area contributed by atoms with Gasteiger partial charge < -0.3 is 10.6 Å². The van der Waals surface area contributed by atoms with Gasteiger partial charge in [0, 0.05) is 13.1 Å². The number of anilines is 2. The molecule has 0 aromatic carbocycles. The van der Waals surface area contributed by atoms with E-state index in [0.29, 0.717) is 11.2 Å². The molecule has 0 bridgehead atoms. The quantitative estimate of drug-likeness (QED) is 0.866. The average molecular weight is 299 g/mol. The number of hydrogen-bond acceptors (Lipinski definition) is 4. The lowest BCUT2D eigenvalue weighted by molar-refractivity contribution is 0.325. The molecule has 2 N–H and O–H groups in total. The third-order valence-corrected chi connectivity index (χ3v) is 4.20. The van der Waals surface area contributed by atoms with Gasteiger partial charge in [0.2, 0.25) is 0 Å². The summed E-state index contributed by atoms with van der Waals surface area (Å²) in [5.41, 5.74) is 6.23. The van der Waals surface area contributed by atoms with Gasteiger partial charge in [-0.3, -0.25) is 0 Å². The number of nitrogens with zero attached hydrogens (tertiary/aromatic N) is 3. The second-order valence-corrected chi connectivity index (χ2v) is 6.19. The Balaban J connectivity index is 2.20. The van der Waals surface area contributed by atoms with Crippen molar-refractivity contribution in [3.05, 3.63) is 10.8 Å². The van der Waals surface area contributed by atoms with Crippen molar-refractivity contribution in [2.45, 2.75) is 33.1 Å². The van der Waals surface area contributed by atoms with Crippen LogP contribution in [-0.4, -0.2) is 23.1 Å². The normalized spacial score (nSPS) is 20.1. The highest BCUT2D eigenvalue weighted by Crippen LogP contribution is 2.34. The first-order valence-electron chi connectivity index (χ1n) is 6.00. The number of hydrogen-bond donors (Lipinski definition) is 1. The molecule has 1 aromatic rings. The molecule has 5 heteroatoms. The predicted octanol–water partition coefficient (Wildman–Crippen LogP) is 2.84. The largest absolute Gasteiger partial charge is 0.383 e. The van der Waals surface area contributed by atoms with Crippen molar-refractivity contribution in [3.8, 4) is 0 Å². The van der Waals surface area contributed by atoms with Crippen molar-refractivity contribution in [2.75, 3.05) is 23.7 Å². The zero-order valence-electron chi connectivity index (χ0n) is 10.4. The summed E-state index contributed by atoms with van der Waals surface area (Å²) in [4.78, 5) is 10.6. The molecule has 0 unspecified atom stereocenters. The molecule has 0 aliphatic carbocycles. The van der Waals surface area contributed by atoms with E-state index < -0.39 is 0 Å². The van der Waals surface area contributed by atoms with Crippen LogP contribution in [0.3, 0.4) is 0 Å². The molecule has 0 spiro atoms. The monoisotopic (exact) mass is 298 g/mol. The lowest BCUT2D eigenvalue weighted by atomic mass is 9.85. The molecule has 1 aliphatic heterocycles. The molecule has 1 saturated heterocycles. The van der Waals surface area contributed by atoms with Crippen LogP contribution in [0.4, 0.5) is 11.6 Å². The van der Waals surface area contributed by atoms with Crippen LogP contribution in [0.15, 0.2) is 10.8 Å². The summed E-state index contributed by atoms with van der Waals surface area (Å²) < 4.78 is 0.819. The Hall–Kier alpha value is -0.840. The van der Waals surface area contributed by atoms with Gasteiger partial charge in [0.15, 0.2) is 0 Å².